The van der Waals surface area contributed by atoms with Gasteiger partial charge in [-0.05, 0) is 12.3 Å². The quantitative estimate of drug-likeness (QED) is 0.734. The number of nitrogens with one attached hydrogen (secondary N) is 1. The minimum Gasteiger partial charge on any atom is -0.396 e. The number of fused-ring (bicyclic) bond motifs is 1. The zero-order valence-corrected chi connectivity index (χ0v) is 11.0. The van der Waals surface area contributed by atoms with E-state index >= 15 is 0 Å². The number of anilines is 1. The maximum Gasteiger partial charge on any atom is 0.277 e. The molecule has 2 aromatic heterocycles. The lowest BCUT2D eigenvalue weighted by molar-refractivity contribution is 0.228. The van der Waals surface area contributed by atoms with Crippen LogP contribution in [0, 0.1) is 5.92 Å². The van der Waals surface area contributed by atoms with Crippen LogP contribution in [0.2, 0.25) is 0 Å². The molecule has 1 atom stereocenters. The molecule has 104 valence electrons. The predicted octanol–water partition coefficient (Wildman–Crippen LogP) is 0.923. The van der Waals surface area contributed by atoms with Crippen LogP contribution in [0.5, 0.6) is 0 Å². The van der Waals surface area contributed by atoms with Crippen molar-refractivity contribution in [2.24, 2.45) is 5.92 Å². The van der Waals surface area contributed by atoms with E-state index in [2.05, 4.69) is 9.97 Å². The van der Waals surface area contributed by atoms with Gasteiger partial charge in [-0.1, -0.05) is 0 Å². The summed E-state index contributed by atoms with van der Waals surface area (Å²) >= 11 is 0.220. The number of pyridine rings is 1. The highest BCUT2D eigenvalue weighted by Gasteiger charge is 2.11. The third-order valence-electron chi connectivity index (χ3n) is 2.98. The highest BCUT2D eigenvalue weighted by Crippen LogP contribution is 2.16. The van der Waals surface area contributed by atoms with Gasteiger partial charge in [-0.3, -0.25) is 4.79 Å². The number of nitrogens with two attached hydrogens (primary N) is 1. The monoisotopic (exact) mass is 286 g/mol. The molecule has 0 fully saturated rings. The molecule has 2 heterocycles. The fourth-order valence-corrected chi connectivity index (χ4v) is 2.36. The Kier molecular flexibility index (Phi) is 4.43. The maximum absolute atomic E-state index is 12.2. The number of nitrogens with zero attached hydrogens (tertiary/aromatic N) is 2. The molecule has 0 amide bonds. The van der Waals surface area contributed by atoms with Gasteiger partial charge in [0.05, 0.1) is 11.8 Å². The summed E-state index contributed by atoms with van der Waals surface area (Å²) in [6, 6.07) is 1.64. The summed E-state index contributed by atoms with van der Waals surface area (Å²) in [5.41, 5.74) is 6.24. The Hall–Kier alpha value is -1.54. The lowest BCUT2D eigenvalue weighted by Crippen LogP contribution is -2.13. The molecule has 0 aromatic carbocycles. The summed E-state index contributed by atoms with van der Waals surface area (Å²) in [6.45, 7) is 0.484. The standard InChI is InChI=1S/C11H15FN4O2S/c12-19-5-7(4-17)1-2-16-6-14-10-8(16)3-9(13)15-11(10)18/h3,6-7,17H,1-2,4-5H2,(H3,13,15,18). The Balaban J connectivity index is 2.19. The van der Waals surface area contributed by atoms with Crippen LogP contribution in [0.3, 0.4) is 0 Å². The van der Waals surface area contributed by atoms with Gasteiger partial charge in [0.2, 0.25) is 0 Å². The van der Waals surface area contributed by atoms with E-state index in [1.807, 2.05) is 0 Å². The molecular formula is C11H15FN4O2S. The number of imidazole rings is 1. The molecule has 0 saturated heterocycles. The number of hydrogen-bond donors (Lipinski definition) is 3. The van der Waals surface area contributed by atoms with E-state index < -0.39 is 0 Å². The lowest BCUT2D eigenvalue weighted by Gasteiger charge is -2.12. The number of H-pyrrole nitrogens is 1. The van der Waals surface area contributed by atoms with E-state index in [0.29, 0.717) is 24.0 Å². The van der Waals surface area contributed by atoms with Crippen LogP contribution < -0.4 is 11.3 Å². The van der Waals surface area contributed by atoms with E-state index in [4.69, 9.17) is 10.8 Å². The summed E-state index contributed by atoms with van der Waals surface area (Å²) in [7, 11) is 0. The second kappa shape index (κ2) is 6.07. The number of nitrogen functional groups attached to an aromatic ring is 1. The first kappa shape index (κ1) is 13.9. The molecule has 0 saturated carbocycles. The Labute approximate surface area is 113 Å². The normalized spacial score (nSPS) is 12.9. The van der Waals surface area contributed by atoms with Gasteiger partial charge in [0.1, 0.15) is 5.82 Å². The smallest absolute Gasteiger partial charge is 0.277 e. The number of aliphatic hydroxyl groups excluding tert-OH is 1. The van der Waals surface area contributed by atoms with Crippen LogP contribution in [-0.2, 0) is 6.54 Å². The number of aromatic nitrogens is 3. The molecule has 19 heavy (non-hydrogen) atoms. The number of aliphatic hydroxyl groups is 1. The van der Waals surface area contributed by atoms with Crippen molar-refractivity contribution >= 4 is 29.0 Å². The average Bonchev–Trinajstić information content (AvgIpc) is 2.78. The van der Waals surface area contributed by atoms with E-state index in [1.165, 1.54) is 0 Å². The number of hydrogen-bond acceptors (Lipinski definition) is 5. The molecule has 2 aromatic rings. The van der Waals surface area contributed by atoms with Crippen LogP contribution in [0.4, 0.5) is 9.70 Å². The van der Waals surface area contributed by atoms with Gasteiger partial charge in [-0.2, -0.15) is 3.89 Å². The summed E-state index contributed by atoms with van der Waals surface area (Å²) in [5.74, 6) is 0.412. The Bertz CT molecular complexity index is 612. The van der Waals surface area contributed by atoms with E-state index in [-0.39, 0.29) is 41.8 Å². The van der Waals surface area contributed by atoms with E-state index in [1.54, 1.807) is 17.0 Å². The fourth-order valence-electron chi connectivity index (χ4n) is 1.91. The summed E-state index contributed by atoms with van der Waals surface area (Å²) in [6.07, 6.45) is 2.15. The number of halogens is 1. The molecule has 6 nitrogen and oxygen atoms in total. The highest BCUT2D eigenvalue weighted by molar-refractivity contribution is 7.94. The first-order valence-electron chi connectivity index (χ1n) is 5.83. The van der Waals surface area contributed by atoms with Gasteiger partial charge < -0.3 is 20.4 Å². The molecule has 2 rings (SSSR count). The minimum absolute atomic E-state index is 0.0632. The van der Waals surface area contributed by atoms with Crippen molar-refractivity contribution in [2.45, 2.75) is 13.0 Å². The predicted molar refractivity (Wildman–Crippen MR) is 73.5 cm³/mol. The maximum atomic E-state index is 12.2. The van der Waals surface area contributed by atoms with Crippen molar-refractivity contribution < 1.29 is 8.99 Å². The van der Waals surface area contributed by atoms with Crippen LogP contribution in [0.1, 0.15) is 6.42 Å². The molecule has 4 N–H and O–H groups in total. The second-order valence-corrected chi connectivity index (χ2v) is 4.89. The van der Waals surface area contributed by atoms with Gasteiger partial charge in [0.25, 0.3) is 5.56 Å². The zero-order chi connectivity index (χ0) is 13.8. The van der Waals surface area contributed by atoms with Gasteiger partial charge in [-0.25, -0.2) is 4.98 Å². The Morgan fingerprint density at radius 1 is 1.63 bits per heavy atom. The van der Waals surface area contributed by atoms with Crippen molar-refractivity contribution in [3.8, 4) is 0 Å². The Morgan fingerprint density at radius 2 is 2.42 bits per heavy atom. The van der Waals surface area contributed by atoms with E-state index in [9.17, 15) is 8.68 Å². The van der Waals surface area contributed by atoms with E-state index in [0.717, 1.165) is 0 Å². The first-order chi connectivity index (χ1) is 9.15. The molecule has 0 aliphatic heterocycles. The van der Waals surface area contributed by atoms with Crippen molar-refractivity contribution in [1.82, 2.24) is 14.5 Å². The SMILES string of the molecule is Nc1cc2c(ncn2CCC(CO)CSF)c(=O)[nH]1. The van der Waals surface area contributed by atoms with Crippen molar-refractivity contribution in [1.29, 1.82) is 0 Å². The largest absolute Gasteiger partial charge is 0.396 e. The van der Waals surface area contributed by atoms with Crippen LogP contribution in [-0.4, -0.2) is 32.0 Å². The molecule has 1 unspecified atom stereocenters. The van der Waals surface area contributed by atoms with Crippen molar-refractivity contribution in [2.75, 3.05) is 18.1 Å². The lowest BCUT2D eigenvalue weighted by atomic mass is 10.1. The van der Waals surface area contributed by atoms with Gasteiger partial charge in [0.15, 0.2) is 5.52 Å². The number of rotatable bonds is 6. The highest BCUT2D eigenvalue weighted by atomic mass is 32.2. The molecule has 0 spiro atoms. The second-order valence-electron chi connectivity index (χ2n) is 4.34. The zero-order valence-electron chi connectivity index (χ0n) is 10.2. The van der Waals surface area contributed by atoms with Gasteiger partial charge >= 0.3 is 0 Å². The summed E-state index contributed by atoms with van der Waals surface area (Å²) in [4.78, 5) is 18.1. The third-order valence-corrected chi connectivity index (χ3v) is 3.58. The number of aryl methyl sites for hydroxylation is 1. The molecular weight excluding hydrogens is 271 g/mol. The Morgan fingerprint density at radius 3 is 3.11 bits per heavy atom. The molecule has 0 aliphatic rings. The number of aromatic amines is 1. The first-order valence-corrected chi connectivity index (χ1v) is 6.72. The third kappa shape index (κ3) is 3.07. The fraction of sp³-hybridized carbons (Fsp3) is 0.455. The summed E-state index contributed by atoms with van der Waals surface area (Å²) in [5, 5.41) is 9.11. The van der Waals surface area contributed by atoms with Crippen molar-refractivity contribution in [3.05, 3.63) is 22.7 Å². The molecule has 0 bridgehead atoms. The molecule has 8 heteroatoms. The van der Waals surface area contributed by atoms with Gasteiger partial charge in [-0.15, -0.1) is 0 Å². The van der Waals surface area contributed by atoms with Gasteiger partial charge in [0, 0.05) is 37.1 Å². The summed E-state index contributed by atoms with van der Waals surface area (Å²) < 4.78 is 14.0. The molecule has 0 aliphatic carbocycles. The minimum atomic E-state index is -0.327. The van der Waals surface area contributed by atoms with Crippen LogP contribution >= 0.6 is 12.1 Å². The molecule has 0 radical (unpaired) electrons. The van der Waals surface area contributed by atoms with Crippen LogP contribution in [0.15, 0.2) is 17.2 Å². The van der Waals surface area contributed by atoms with Crippen molar-refractivity contribution in [3.63, 3.8) is 0 Å². The average molecular weight is 286 g/mol. The topological polar surface area (TPSA) is 96.9 Å². The van der Waals surface area contributed by atoms with Crippen LogP contribution in [0.25, 0.3) is 11.0 Å².